The molecule has 0 aliphatic heterocycles. The second kappa shape index (κ2) is 12.6. The van der Waals surface area contributed by atoms with Crippen LogP contribution in [0.4, 0.5) is 17.1 Å². The van der Waals surface area contributed by atoms with E-state index in [1.54, 1.807) is 0 Å². The zero-order chi connectivity index (χ0) is 36.3. The molecule has 0 saturated carbocycles. The highest BCUT2D eigenvalue weighted by Crippen LogP contribution is 2.40. The Morgan fingerprint density at radius 1 is 0.255 bits per heavy atom. The molecule has 0 radical (unpaired) electrons. The van der Waals surface area contributed by atoms with Gasteiger partial charge in [-0.1, -0.05) is 109 Å². The quantitative estimate of drug-likeness (QED) is 0.173. The maximum absolute atomic E-state index is 6.34. The summed E-state index contributed by atoms with van der Waals surface area (Å²) in [5, 5.41) is 6.94. The molecule has 2 heterocycles. The number of nitrogens with zero attached hydrogens (tertiary/aromatic N) is 1. The van der Waals surface area contributed by atoms with Gasteiger partial charge < -0.3 is 13.7 Å². The molecular weight excluding hydrogens is 671 g/mol. The minimum atomic E-state index is 0.883. The molecule has 3 nitrogen and oxygen atoms in total. The summed E-state index contributed by atoms with van der Waals surface area (Å²) in [7, 11) is 0. The van der Waals surface area contributed by atoms with Crippen LogP contribution in [-0.4, -0.2) is 0 Å². The SMILES string of the molecule is c1ccc(N(c2ccc(-c3cc(-c4ccc5c(c4)oc4ccccc45)cc(-c4ccc5c(c4)oc4ccccc45)c3)cc2)c2ccc3ccccc3c2)cc1. The molecule has 0 aliphatic rings. The van der Waals surface area contributed by atoms with Crippen molar-refractivity contribution in [3.05, 3.63) is 200 Å². The molecule has 11 rings (SSSR count). The monoisotopic (exact) mass is 703 g/mol. The van der Waals surface area contributed by atoms with Gasteiger partial charge in [0.05, 0.1) is 0 Å². The summed E-state index contributed by atoms with van der Waals surface area (Å²) in [6, 6.07) is 71.2. The van der Waals surface area contributed by atoms with Gasteiger partial charge in [0.25, 0.3) is 0 Å². The summed E-state index contributed by atoms with van der Waals surface area (Å²) >= 11 is 0. The Labute approximate surface area is 317 Å². The smallest absolute Gasteiger partial charge is 0.136 e. The Hall–Kier alpha value is -7.36. The van der Waals surface area contributed by atoms with Crippen LogP contribution in [0.1, 0.15) is 0 Å². The predicted molar refractivity (Wildman–Crippen MR) is 229 cm³/mol. The van der Waals surface area contributed by atoms with Crippen molar-refractivity contribution in [2.45, 2.75) is 0 Å². The van der Waals surface area contributed by atoms with Crippen LogP contribution in [-0.2, 0) is 0 Å². The van der Waals surface area contributed by atoms with Crippen molar-refractivity contribution < 1.29 is 8.83 Å². The highest BCUT2D eigenvalue weighted by atomic mass is 16.3. The molecule has 0 amide bonds. The van der Waals surface area contributed by atoms with Crippen LogP contribution >= 0.6 is 0 Å². The first kappa shape index (κ1) is 31.2. The van der Waals surface area contributed by atoms with Crippen molar-refractivity contribution in [2.75, 3.05) is 4.90 Å². The van der Waals surface area contributed by atoms with Crippen molar-refractivity contribution >= 4 is 71.7 Å². The minimum absolute atomic E-state index is 0.883. The third-order valence-electron chi connectivity index (χ3n) is 10.8. The fourth-order valence-corrected chi connectivity index (χ4v) is 8.08. The molecule has 2 aromatic heterocycles. The van der Waals surface area contributed by atoms with Crippen molar-refractivity contribution in [1.82, 2.24) is 0 Å². The zero-order valence-electron chi connectivity index (χ0n) is 29.8. The first-order valence-corrected chi connectivity index (χ1v) is 18.6. The summed E-state index contributed by atoms with van der Waals surface area (Å²) in [5.41, 5.74) is 13.6. The molecule has 0 aliphatic carbocycles. The summed E-state index contributed by atoms with van der Waals surface area (Å²) in [4.78, 5) is 2.32. The molecule has 0 N–H and O–H groups in total. The largest absolute Gasteiger partial charge is 0.456 e. The highest BCUT2D eigenvalue weighted by molar-refractivity contribution is 6.07. The lowest BCUT2D eigenvalue weighted by Gasteiger charge is -2.26. The van der Waals surface area contributed by atoms with Crippen LogP contribution in [0.3, 0.4) is 0 Å². The molecule has 0 spiro atoms. The molecule has 3 heteroatoms. The zero-order valence-corrected chi connectivity index (χ0v) is 29.8. The number of hydrogen-bond donors (Lipinski definition) is 0. The van der Waals surface area contributed by atoms with E-state index < -0.39 is 0 Å². The van der Waals surface area contributed by atoms with Crippen molar-refractivity contribution in [1.29, 1.82) is 0 Å². The Morgan fingerprint density at radius 3 is 1.33 bits per heavy atom. The Morgan fingerprint density at radius 2 is 0.709 bits per heavy atom. The van der Waals surface area contributed by atoms with Crippen LogP contribution in [0, 0.1) is 0 Å². The average molecular weight is 704 g/mol. The lowest BCUT2D eigenvalue weighted by atomic mass is 9.92. The number of furan rings is 2. The third kappa shape index (κ3) is 5.45. The molecule has 9 aromatic carbocycles. The Bertz CT molecular complexity index is 3080. The number of benzene rings is 9. The molecule has 0 saturated heterocycles. The lowest BCUT2D eigenvalue weighted by molar-refractivity contribution is 0.668. The standard InChI is InChI=1S/C52H33NO2/c1-2-12-42(13-3-1)53(44-25-20-34-10-4-5-11-36(34)31-44)43-23-18-35(19-24-43)39-28-40(37-21-26-47-45-14-6-8-16-49(45)54-51(47)32-37)30-41(29-39)38-22-27-48-46-15-7-9-17-50(46)55-52(48)33-38/h1-33H. The van der Waals surface area contributed by atoms with Gasteiger partial charge in [0.15, 0.2) is 0 Å². The lowest BCUT2D eigenvalue weighted by Crippen LogP contribution is -2.09. The summed E-state index contributed by atoms with van der Waals surface area (Å²) in [6.07, 6.45) is 0. The molecule has 11 aromatic rings. The van der Waals surface area contributed by atoms with E-state index in [9.17, 15) is 0 Å². The maximum atomic E-state index is 6.34. The fraction of sp³-hybridized carbons (Fsp3) is 0. The van der Waals surface area contributed by atoms with Crippen LogP contribution in [0.25, 0.3) is 88.0 Å². The second-order valence-corrected chi connectivity index (χ2v) is 14.2. The van der Waals surface area contributed by atoms with Crippen molar-refractivity contribution in [2.24, 2.45) is 0 Å². The normalized spacial score (nSPS) is 11.6. The van der Waals surface area contributed by atoms with E-state index in [2.05, 4.69) is 181 Å². The van der Waals surface area contributed by atoms with Gasteiger partial charge in [-0.3, -0.25) is 0 Å². The maximum Gasteiger partial charge on any atom is 0.136 e. The first-order chi connectivity index (χ1) is 27.2. The molecular formula is C52H33NO2. The summed E-state index contributed by atoms with van der Waals surface area (Å²) < 4.78 is 12.7. The summed E-state index contributed by atoms with van der Waals surface area (Å²) in [6.45, 7) is 0. The Kier molecular flexibility index (Phi) is 7.17. The summed E-state index contributed by atoms with van der Waals surface area (Å²) in [5.74, 6) is 0. The van der Waals surface area contributed by atoms with Gasteiger partial charge in [-0.2, -0.15) is 0 Å². The van der Waals surface area contributed by atoms with Gasteiger partial charge in [0, 0.05) is 38.6 Å². The van der Waals surface area contributed by atoms with Gasteiger partial charge in [0.1, 0.15) is 22.3 Å². The van der Waals surface area contributed by atoms with E-state index in [4.69, 9.17) is 8.83 Å². The van der Waals surface area contributed by atoms with Gasteiger partial charge in [-0.25, -0.2) is 0 Å². The fourth-order valence-electron chi connectivity index (χ4n) is 8.08. The van der Waals surface area contributed by atoms with E-state index in [1.165, 1.54) is 10.8 Å². The molecule has 258 valence electrons. The molecule has 0 fully saturated rings. The molecule has 55 heavy (non-hydrogen) atoms. The van der Waals surface area contributed by atoms with Gasteiger partial charge in [0.2, 0.25) is 0 Å². The van der Waals surface area contributed by atoms with Crippen LogP contribution in [0.5, 0.6) is 0 Å². The number of anilines is 3. The molecule has 0 bridgehead atoms. The number of fused-ring (bicyclic) bond motifs is 7. The first-order valence-electron chi connectivity index (χ1n) is 18.6. The third-order valence-corrected chi connectivity index (χ3v) is 10.8. The van der Waals surface area contributed by atoms with Gasteiger partial charge in [-0.15, -0.1) is 0 Å². The second-order valence-electron chi connectivity index (χ2n) is 14.2. The van der Waals surface area contributed by atoms with Gasteiger partial charge in [-0.05, 0) is 135 Å². The Balaban J connectivity index is 1.04. The van der Waals surface area contributed by atoms with E-state index in [0.29, 0.717) is 0 Å². The van der Waals surface area contributed by atoms with Crippen LogP contribution in [0.2, 0.25) is 0 Å². The average Bonchev–Trinajstić information content (AvgIpc) is 3.82. The van der Waals surface area contributed by atoms with Gasteiger partial charge >= 0.3 is 0 Å². The molecule has 0 unspecified atom stereocenters. The number of para-hydroxylation sites is 3. The van der Waals surface area contributed by atoms with Crippen LogP contribution in [0.15, 0.2) is 209 Å². The predicted octanol–water partition coefficient (Wildman–Crippen LogP) is 15.1. The molecule has 0 atom stereocenters. The minimum Gasteiger partial charge on any atom is -0.456 e. The van der Waals surface area contributed by atoms with Crippen molar-refractivity contribution in [3.63, 3.8) is 0 Å². The van der Waals surface area contributed by atoms with E-state index in [1.807, 2.05) is 24.3 Å². The topological polar surface area (TPSA) is 29.5 Å². The van der Waals surface area contributed by atoms with E-state index >= 15 is 0 Å². The van der Waals surface area contributed by atoms with E-state index in [-0.39, 0.29) is 0 Å². The highest BCUT2D eigenvalue weighted by Gasteiger charge is 2.16. The van der Waals surface area contributed by atoms with E-state index in [0.717, 1.165) is 94.3 Å². The number of hydrogen-bond acceptors (Lipinski definition) is 3. The number of rotatable bonds is 6. The van der Waals surface area contributed by atoms with Crippen molar-refractivity contribution in [3.8, 4) is 33.4 Å². The van der Waals surface area contributed by atoms with Crippen LogP contribution < -0.4 is 4.90 Å².